The summed E-state index contributed by atoms with van der Waals surface area (Å²) in [6.07, 6.45) is 5.17. The quantitative estimate of drug-likeness (QED) is 0.673. The first-order valence-corrected chi connectivity index (χ1v) is 7.50. The average molecular weight is 282 g/mol. The molecule has 112 valence electrons. The number of rotatable bonds is 6. The molecule has 6 heteroatoms. The molecular weight excluding hydrogens is 260 g/mol. The van der Waals surface area contributed by atoms with E-state index in [1.807, 2.05) is 0 Å². The highest BCUT2D eigenvalue weighted by Crippen LogP contribution is 2.48. The number of amides is 2. The third kappa shape index (κ3) is 3.23. The van der Waals surface area contributed by atoms with Crippen LogP contribution in [0, 0.1) is 23.7 Å². The third-order valence-electron chi connectivity index (χ3n) is 4.67. The van der Waals surface area contributed by atoms with Gasteiger partial charge in [-0.05, 0) is 43.4 Å². The van der Waals surface area contributed by atoms with Gasteiger partial charge in [0, 0.05) is 6.54 Å². The van der Waals surface area contributed by atoms with Gasteiger partial charge in [0.15, 0.2) is 0 Å². The van der Waals surface area contributed by atoms with Crippen molar-refractivity contribution in [1.29, 1.82) is 0 Å². The second-order valence-corrected chi connectivity index (χ2v) is 6.28. The summed E-state index contributed by atoms with van der Waals surface area (Å²) < 4.78 is 5.13. The van der Waals surface area contributed by atoms with Crippen molar-refractivity contribution in [2.45, 2.75) is 31.7 Å². The number of hydrogen-bond acceptors (Lipinski definition) is 3. The molecule has 0 radical (unpaired) electrons. The molecule has 20 heavy (non-hydrogen) atoms. The molecule has 1 aliphatic heterocycles. The van der Waals surface area contributed by atoms with Crippen LogP contribution < -0.4 is 10.6 Å². The van der Waals surface area contributed by atoms with Gasteiger partial charge < -0.3 is 20.5 Å². The van der Waals surface area contributed by atoms with E-state index in [0.717, 1.165) is 11.8 Å². The van der Waals surface area contributed by atoms with Crippen molar-refractivity contribution in [3.05, 3.63) is 0 Å². The topological polar surface area (TPSA) is 87.7 Å². The Morgan fingerprint density at radius 1 is 1.15 bits per heavy atom. The Bertz CT molecular complexity index is 381. The van der Waals surface area contributed by atoms with Crippen molar-refractivity contribution in [3.8, 4) is 0 Å². The molecule has 6 nitrogen and oxygen atoms in total. The van der Waals surface area contributed by atoms with Gasteiger partial charge in [-0.25, -0.2) is 4.79 Å². The third-order valence-corrected chi connectivity index (χ3v) is 4.67. The average Bonchev–Trinajstić information content (AvgIpc) is 3.31. The van der Waals surface area contributed by atoms with E-state index >= 15 is 0 Å². The van der Waals surface area contributed by atoms with Crippen LogP contribution in [0.3, 0.4) is 0 Å². The molecule has 2 saturated carbocycles. The van der Waals surface area contributed by atoms with Crippen LogP contribution in [-0.2, 0) is 9.53 Å². The highest BCUT2D eigenvalue weighted by atomic mass is 16.5. The van der Waals surface area contributed by atoms with E-state index in [1.54, 1.807) is 0 Å². The molecule has 3 fully saturated rings. The molecule has 2 aliphatic carbocycles. The van der Waals surface area contributed by atoms with Crippen LogP contribution in [-0.4, -0.2) is 42.9 Å². The van der Waals surface area contributed by atoms with E-state index < -0.39 is 17.9 Å². The summed E-state index contributed by atoms with van der Waals surface area (Å²) in [6, 6.07) is -0.689. The smallest absolute Gasteiger partial charge is 0.315 e. The molecule has 3 aliphatic rings. The zero-order chi connectivity index (χ0) is 14.1. The number of carboxylic acid groups (broad SMARTS) is 1. The van der Waals surface area contributed by atoms with Gasteiger partial charge in [-0.2, -0.15) is 0 Å². The van der Waals surface area contributed by atoms with Crippen molar-refractivity contribution in [2.24, 2.45) is 23.7 Å². The lowest BCUT2D eigenvalue weighted by Gasteiger charge is -2.19. The van der Waals surface area contributed by atoms with Crippen molar-refractivity contribution in [2.75, 3.05) is 19.8 Å². The highest BCUT2D eigenvalue weighted by Gasteiger charge is 2.41. The minimum atomic E-state index is -0.915. The number of ether oxygens (including phenoxy) is 1. The van der Waals surface area contributed by atoms with Gasteiger partial charge in [-0.15, -0.1) is 0 Å². The second-order valence-electron chi connectivity index (χ2n) is 6.28. The van der Waals surface area contributed by atoms with Gasteiger partial charge in [-0.3, -0.25) is 4.79 Å². The first kappa shape index (κ1) is 13.7. The molecular formula is C14H22N2O4. The Morgan fingerprint density at radius 2 is 1.80 bits per heavy atom. The summed E-state index contributed by atoms with van der Waals surface area (Å²) in [4.78, 5) is 22.9. The molecule has 3 rings (SSSR count). The van der Waals surface area contributed by atoms with Gasteiger partial charge >= 0.3 is 12.0 Å². The molecule has 0 aromatic heterocycles. The molecule has 2 amide bonds. The van der Waals surface area contributed by atoms with Crippen LogP contribution in [0.25, 0.3) is 0 Å². The van der Waals surface area contributed by atoms with Gasteiger partial charge in [0.05, 0.1) is 19.3 Å². The van der Waals surface area contributed by atoms with Gasteiger partial charge in [-0.1, -0.05) is 0 Å². The molecule has 0 spiro atoms. The molecule has 1 saturated heterocycles. The van der Waals surface area contributed by atoms with Crippen molar-refractivity contribution < 1.29 is 19.4 Å². The summed E-state index contributed by atoms with van der Waals surface area (Å²) in [6.45, 7) is 1.17. The van der Waals surface area contributed by atoms with Crippen LogP contribution in [0.1, 0.15) is 25.7 Å². The standard InChI is InChI=1S/C14H22N2O4/c17-13(18)11-6-20-7-12(11)16-14(19)15-5-10(8-1-2-8)9-3-4-9/h8-12H,1-7H2,(H,17,18)(H2,15,16,19). The summed E-state index contributed by atoms with van der Waals surface area (Å²) in [5.41, 5.74) is 0. The fourth-order valence-electron chi connectivity index (χ4n) is 3.14. The largest absolute Gasteiger partial charge is 0.481 e. The van der Waals surface area contributed by atoms with E-state index in [1.165, 1.54) is 25.7 Å². The van der Waals surface area contributed by atoms with E-state index in [4.69, 9.17) is 9.84 Å². The number of urea groups is 1. The second kappa shape index (κ2) is 5.60. The highest BCUT2D eigenvalue weighted by molar-refractivity contribution is 5.77. The Hall–Kier alpha value is -1.30. The number of aliphatic carboxylic acids is 1. The van der Waals surface area contributed by atoms with Gasteiger partial charge in [0.1, 0.15) is 5.92 Å². The maximum absolute atomic E-state index is 11.9. The number of carbonyl (C=O) groups is 2. The normalized spacial score (nSPS) is 29.4. The summed E-state index contributed by atoms with van der Waals surface area (Å²) >= 11 is 0. The predicted octanol–water partition coefficient (Wildman–Crippen LogP) is 0.821. The molecule has 2 unspecified atom stereocenters. The van der Waals surface area contributed by atoms with Crippen LogP contribution in [0.5, 0.6) is 0 Å². The molecule has 0 bridgehead atoms. The lowest BCUT2D eigenvalue weighted by molar-refractivity contribution is -0.142. The van der Waals surface area contributed by atoms with E-state index in [0.29, 0.717) is 12.5 Å². The van der Waals surface area contributed by atoms with Crippen molar-refractivity contribution in [3.63, 3.8) is 0 Å². The monoisotopic (exact) mass is 282 g/mol. The zero-order valence-electron chi connectivity index (χ0n) is 11.5. The van der Waals surface area contributed by atoms with Gasteiger partial charge in [0.2, 0.25) is 0 Å². The first-order valence-electron chi connectivity index (χ1n) is 7.50. The summed E-state index contributed by atoms with van der Waals surface area (Å²) in [5.74, 6) is 0.662. The van der Waals surface area contributed by atoms with Crippen LogP contribution in [0.2, 0.25) is 0 Å². The number of carboxylic acids is 1. The molecule has 0 aromatic carbocycles. The van der Waals surface area contributed by atoms with E-state index in [-0.39, 0.29) is 19.2 Å². The van der Waals surface area contributed by atoms with Crippen molar-refractivity contribution in [1.82, 2.24) is 10.6 Å². The van der Waals surface area contributed by atoms with Crippen molar-refractivity contribution >= 4 is 12.0 Å². The molecule has 1 heterocycles. The lowest BCUT2D eigenvalue weighted by atomic mass is 9.98. The lowest BCUT2D eigenvalue weighted by Crippen LogP contribution is -2.48. The fourth-order valence-corrected chi connectivity index (χ4v) is 3.14. The van der Waals surface area contributed by atoms with E-state index in [9.17, 15) is 9.59 Å². The van der Waals surface area contributed by atoms with E-state index in [2.05, 4.69) is 10.6 Å². The zero-order valence-corrected chi connectivity index (χ0v) is 11.5. The Labute approximate surface area is 118 Å². The van der Waals surface area contributed by atoms with Crippen LogP contribution in [0.15, 0.2) is 0 Å². The van der Waals surface area contributed by atoms with Gasteiger partial charge in [0.25, 0.3) is 0 Å². The molecule has 0 aromatic rings. The minimum absolute atomic E-state index is 0.174. The first-order chi connectivity index (χ1) is 9.65. The molecule has 2 atom stereocenters. The summed E-state index contributed by atoms with van der Waals surface area (Å²) in [5, 5.41) is 14.7. The minimum Gasteiger partial charge on any atom is -0.481 e. The van der Waals surface area contributed by atoms with Crippen LogP contribution in [0.4, 0.5) is 4.79 Å². The number of carbonyl (C=O) groups excluding carboxylic acids is 1. The summed E-state index contributed by atoms with van der Waals surface area (Å²) in [7, 11) is 0. The SMILES string of the molecule is O=C(NCC(C1CC1)C1CC1)NC1COCC1C(=O)O. The fraction of sp³-hybridized carbons (Fsp3) is 0.857. The molecule has 3 N–H and O–H groups in total. The Balaban J connectivity index is 1.43. The maximum Gasteiger partial charge on any atom is 0.315 e. The Morgan fingerprint density at radius 3 is 2.35 bits per heavy atom. The maximum atomic E-state index is 11.9. The van der Waals surface area contributed by atoms with Crippen LogP contribution >= 0.6 is 0 Å². The Kier molecular flexibility index (Phi) is 3.83. The number of nitrogens with one attached hydrogen (secondary N) is 2. The predicted molar refractivity (Wildman–Crippen MR) is 71.2 cm³/mol. The number of hydrogen-bond donors (Lipinski definition) is 3.